The SMILES string of the molecule is c1ccc2c(c1)oc1c2ccc2c1c1ccccc1n2-c1ccc(-c2ccc(-n3c4ccccc4c4c5oc6ccccc6c5ccc43)cc2)cc1. The number of rotatable bonds is 3. The molecule has 8 aromatic carbocycles. The summed E-state index contributed by atoms with van der Waals surface area (Å²) in [6.45, 7) is 0. The summed E-state index contributed by atoms with van der Waals surface area (Å²) < 4.78 is 17.7. The number of nitrogens with zero attached hydrogens (tertiary/aromatic N) is 2. The van der Waals surface area contributed by atoms with E-state index < -0.39 is 0 Å². The topological polar surface area (TPSA) is 36.1 Å². The Bertz CT molecular complexity index is 3160. The molecule has 0 aliphatic heterocycles. The van der Waals surface area contributed by atoms with Gasteiger partial charge in [0.05, 0.1) is 32.8 Å². The lowest BCUT2D eigenvalue weighted by Crippen LogP contribution is -1.94. The molecule has 242 valence electrons. The Morgan fingerprint density at radius 3 is 1.12 bits per heavy atom. The highest BCUT2D eigenvalue weighted by Crippen LogP contribution is 2.42. The molecule has 0 saturated heterocycles. The van der Waals surface area contributed by atoms with Gasteiger partial charge in [-0.1, -0.05) is 97.1 Å². The van der Waals surface area contributed by atoms with Crippen molar-refractivity contribution in [3.05, 3.63) is 170 Å². The quantitative estimate of drug-likeness (QED) is 0.188. The Kier molecular flexibility index (Phi) is 5.47. The number of benzene rings is 8. The number of hydrogen-bond donors (Lipinski definition) is 0. The molecule has 0 amide bonds. The zero-order valence-corrected chi connectivity index (χ0v) is 27.9. The van der Waals surface area contributed by atoms with Gasteiger partial charge in [-0.3, -0.25) is 0 Å². The van der Waals surface area contributed by atoms with E-state index in [2.05, 4.69) is 155 Å². The Hall–Kier alpha value is -7.04. The van der Waals surface area contributed by atoms with E-state index in [-0.39, 0.29) is 0 Å². The number of hydrogen-bond acceptors (Lipinski definition) is 2. The molecule has 0 unspecified atom stereocenters. The smallest absolute Gasteiger partial charge is 0.145 e. The van der Waals surface area contributed by atoms with E-state index in [4.69, 9.17) is 8.83 Å². The molecular formula is C48H28N2O2. The molecule has 0 aliphatic carbocycles. The monoisotopic (exact) mass is 664 g/mol. The van der Waals surface area contributed by atoms with Crippen LogP contribution in [0.2, 0.25) is 0 Å². The highest BCUT2D eigenvalue weighted by molar-refractivity contribution is 6.25. The number of furan rings is 2. The molecule has 0 aliphatic rings. The van der Waals surface area contributed by atoms with Gasteiger partial charge >= 0.3 is 0 Å². The average molecular weight is 665 g/mol. The van der Waals surface area contributed by atoms with Crippen molar-refractivity contribution in [1.29, 1.82) is 0 Å². The summed E-state index contributed by atoms with van der Waals surface area (Å²) in [4.78, 5) is 0. The normalized spacial score (nSPS) is 12.2. The van der Waals surface area contributed by atoms with Gasteiger partial charge in [-0.05, 0) is 83.9 Å². The summed E-state index contributed by atoms with van der Waals surface area (Å²) in [7, 11) is 0. The van der Waals surface area contributed by atoms with Gasteiger partial charge in [-0.25, -0.2) is 0 Å². The van der Waals surface area contributed by atoms with E-state index in [0.717, 1.165) is 88.1 Å². The van der Waals surface area contributed by atoms with Crippen molar-refractivity contribution >= 4 is 87.5 Å². The molecule has 4 heteroatoms. The summed E-state index contributed by atoms with van der Waals surface area (Å²) in [5.41, 5.74) is 12.9. The Morgan fingerprint density at radius 2 is 0.673 bits per heavy atom. The van der Waals surface area contributed by atoms with Gasteiger partial charge in [0, 0.05) is 43.7 Å². The third kappa shape index (κ3) is 3.70. The summed E-state index contributed by atoms with van der Waals surface area (Å²) >= 11 is 0. The van der Waals surface area contributed by atoms with Crippen LogP contribution in [-0.4, -0.2) is 9.13 Å². The first-order valence-electron chi connectivity index (χ1n) is 17.7. The number of fused-ring (bicyclic) bond motifs is 14. The molecule has 4 nitrogen and oxygen atoms in total. The van der Waals surface area contributed by atoms with E-state index in [1.165, 1.54) is 21.9 Å². The predicted molar refractivity (Wildman–Crippen MR) is 215 cm³/mol. The predicted octanol–water partition coefficient (Wildman–Crippen LogP) is 13.3. The second-order valence-electron chi connectivity index (χ2n) is 13.7. The van der Waals surface area contributed by atoms with Gasteiger partial charge in [0.15, 0.2) is 0 Å². The van der Waals surface area contributed by atoms with E-state index >= 15 is 0 Å². The zero-order valence-electron chi connectivity index (χ0n) is 27.9. The second kappa shape index (κ2) is 10.3. The summed E-state index contributed by atoms with van der Waals surface area (Å²) in [5, 5.41) is 9.26. The number of para-hydroxylation sites is 4. The van der Waals surface area contributed by atoms with Crippen LogP contribution in [0.25, 0.3) is 110 Å². The van der Waals surface area contributed by atoms with Crippen molar-refractivity contribution in [2.45, 2.75) is 0 Å². The first-order valence-corrected chi connectivity index (χ1v) is 17.7. The molecule has 4 heterocycles. The van der Waals surface area contributed by atoms with E-state index in [1.54, 1.807) is 0 Å². The minimum absolute atomic E-state index is 0.916. The lowest BCUT2D eigenvalue weighted by atomic mass is 10.0. The van der Waals surface area contributed by atoms with Crippen molar-refractivity contribution < 1.29 is 8.83 Å². The Labute approximate surface area is 296 Å². The molecule has 0 bridgehead atoms. The molecule has 0 radical (unpaired) electrons. The van der Waals surface area contributed by atoms with Crippen LogP contribution in [-0.2, 0) is 0 Å². The van der Waals surface area contributed by atoms with Crippen LogP contribution in [0.5, 0.6) is 0 Å². The highest BCUT2D eigenvalue weighted by Gasteiger charge is 2.20. The van der Waals surface area contributed by atoms with Crippen LogP contribution in [0.4, 0.5) is 0 Å². The lowest BCUT2D eigenvalue weighted by Gasteiger charge is -2.11. The van der Waals surface area contributed by atoms with Crippen molar-refractivity contribution in [3.8, 4) is 22.5 Å². The lowest BCUT2D eigenvalue weighted by molar-refractivity contribution is 0.672. The fraction of sp³-hybridized carbons (Fsp3) is 0. The van der Waals surface area contributed by atoms with Crippen molar-refractivity contribution in [1.82, 2.24) is 9.13 Å². The largest absolute Gasteiger partial charge is 0.455 e. The van der Waals surface area contributed by atoms with Gasteiger partial charge in [0.2, 0.25) is 0 Å². The van der Waals surface area contributed by atoms with E-state index in [1.807, 2.05) is 24.3 Å². The molecule has 12 rings (SSSR count). The summed E-state index contributed by atoms with van der Waals surface area (Å²) in [5.74, 6) is 0. The standard InChI is InChI=1S/C48H28N2O2/c1-5-13-39-37(11-1)45-41(27-25-35-33-9-3-7-15-43(33)51-47(35)45)49(39)31-21-17-29(18-22-31)30-19-23-32(24-20-30)50-40-14-6-2-12-38(40)46-42(50)28-26-36-34-10-4-8-16-44(34)52-48(36)46/h1-28H. The van der Waals surface area contributed by atoms with Crippen LogP contribution < -0.4 is 0 Å². The minimum Gasteiger partial charge on any atom is -0.455 e. The van der Waals surface area contributed by atoms with Gasteiger partial charge in [0.1, 0.15) is 22.3 Å². The first-order chi connectivity index (χ1) is 25.8. The fourth-order valence-electron chi connectivity index (χ4n) is 8.63. The van der Waals surface area contributed by atoms with Crippen molar-refractivity contribution in [2.75, 3.05) is 0 Å². The van der Waals surface area contributed by atoms with Gasteiger partial charge in [-0.15, -0.1) is 0 Å². The molecule has 0 fully saturated rings. The third-order valence-corrected chi connectivity index (χ3v) is 10.9. The first kappa shape index (κ1) is 27.7. The van der Waals surface area contributed by atoms with Crippen LogP contribution >= 0.6 is 0 Å². The molecular weight excluding hydrogens is 637 g/mol. The van der Waals surface area contributed by atoms with Crippen LogP contribution in [0, 0.1) is 0 Å². The summed E-state index contributed by atoms with van der Waals surface area (Å²) in [6, 6.07) is 60.5. The summed E-state index contributed by atoms with van der Waals surface area (Å²) in [6.07, 6.45) is 0. The minimum atomic E-state index is 0.916. The Balaban J connectivity index is 0.962. The highest BCUT2D eigenvalue weighted by atomic mass is 16.3. The molecule has 4 aromatic heterocycles. The average Bonchev–Trinajstić information content (AvgIpc) is 3.95. The molecule has 0 saturated carbocycles. The van der Waals surface area contributed by atoms with Crippen LogP contribution in [0.1, 0.15) is 0 Å². The maximum absolute atomic E-state index is 6.50. The van der Waals surface area contributed by atoms with Gasteiger partial charge in [-0.2, -0.15) is 0 Å². The van der Waals surface area contributed by atoms with Crippen LogP contribution in [0.15, 0.2) is 179 Å². The van der Waals surface area contributed by atoms with Crippen molar-refractivity contribution in [2.24, 2.45) is 0 Å². The zero-order chi connectivity index (χ0) is 33.9. The maximum Gasteiger partial charge on any atom is 0.145 e. The van der Waals surface area contributed by atoms with Gasteiger partial charge < -0.3 is 18.0 Å². The van der Waals surface area contributed by atoms with Crippen LogP contribution in [0.3, 0.4) is 0 Å². The fourth-order valence-corrected chi connectivity index (χ4v) is 8.63. The second-order valence-corrected chi connectivity index (χ2v) is 13.7. The molecule has 12 aromatic rings. The third-order valence-electron chi connectivity index (χ3n) is 10.9. The molecule has 52 heavy (non-hydrogen) atoms. The number of aromatic nitrogens is 2. The maximum atomic E-state index is 6.50. The van der Waals surface area contributed by atoms with E-state index in [9.17, 15) is 0 Å². The van der Waals surface area contributed by atoms with Crippen molar-refractivity contribution in [3.63, 3.8) is 0 Å². The molecule has 0 spiro atoms. The molecule has 0 atom stereocenters. The van der Waals surface area contributed by atoms with E-state index in [0.29, 0.717) is 0 Å². The Morgan fingerprint density at radius 1 is 0.288 bits per heavy atom. The van der Waals surface area contributed by atoms with Gasteiger partial charge in [0.25, 0.3) is 0 Å². The molecule has 0 N–H and O–H groups in total.